The van der Waals surface area contributed by atoms with E-state index in [2.05, 4.69) is 24.1 Å². The Balaban J connectivity index is 0.00000264. The normalized spacial score (nSPS) is 10.1. The Hall–Kier alpha value is -2.04. The average molecular weight is 335 g/mol. The lowest BCUT2D eigenvalue weighted by Gasteiger charge is -2.19. The van der Waals surface area contributed by atoms with Crippen LogP contribution in [-0.2, 0) is 13.1 Å². The SMILES string of the molecule is CN(Cc1ccccc1)Cc1ccccc1OC(=O)N(C)C.Cl. The lowest BCUT2D eigenvalue weighted by atomic mass is 10.1. The topological polar surface area (TPSA) is 32.8 Å². The third-order valence-electron chi connectivity index (χ3n) is 3.27. The van der Waals surface area contributed by atoms with Gasteiger partial charge in [0.25, 0.3) is 0 Å². The highest BCUT2D eigenvalue weighted by molar-refractivity contribution is 5.85. The molecule has 0 atom stereocenters. The summed E-state index contributed by atoms with van der Waals surface area (Å²) < 4.78 is 5.42. The minimum atomic E-state index is -0.363. The Morgan fingerprint density at radius 1 is 0.913 bits per heavy atom. The van der Waals surface area contributed by atoms with Crippen LogP contribution in [0.3, 0.4) is 0 Å². The lowest BCUT2D eigenvalue weighted by Crippen LogP contribution is -2.26. The standard InChI is InChI=1S/C18H22N2O2.ClH/c1-19(2)18(21)22-17-12-8-7-11-16(17)14-20(3)13-15-9-5-4-6-10-15;/h4-12H,13-14H2,1-3H3;1H. The van der Waals surface area contributed by atoms with Crippen LogP contribution < -0.4 is 4.74 Å². The highest BCUT2D eigenvalue weighted by atomic mass is 35.5. The van der Waals surface area contributed by atoms with Crippen LogP contribution in [0, 0.1) is 0 Å². The van der Waals surface area contributed by atoms with Crippen LogP contribution in [0.4, 0.5) is 4.79 Å². The molecule has 0 bridgehead atoms. The lowest BCUT2D eigenvalue weighted by molar-refractivity contribution is 0.170. The number of para-hydroxylation sites is 1. The second-order valence-electron chi connectivity index (χ2n) is 5.53. The van der Waals surface area contributed by atoms with Crippen molar-refractivity contribution in [1.82, 2.24) is 9.80 Å². The van der Waals surface area contributed by atoms with Crippen molar-refractivity contribution in [2.45, 2.75) is 13.1 Å². The van der Waals surface area contributed by atoms with E-state index < -0.39 is 0 Å². The minimum absolute atomic E-state index is 0. The first-order valence-electron chi connectivity index (χ1n) is 7.26. The summed E-state index contributed by atoms with van der Waals surface area (Å²) in [4.78, 5) is 15.3. The summed E-state index contributed by atoms with van der Waals surface area (Å²) in [6.07, 6.45) is -0.363. The molecule has 0 spiro atoms. The number of hydrogen-bond donors (Lipinski definition) is 0. The molecule has 0 N–H and O–H groups in total. The van der Waals surface area contributed by atoms with Crippen molar-refractivity contribution < 1.29 is 9.53 Å². The average Bonchev–Trinajstić information content (AvgIpc) is 2.50. The third-order valence-corrected chi connectivity index (χ3v) is 3.27. The molecule has 0 aromatic heterocycles. The maximum absolute atomic E-state index is 11.7. The van der Waals surface area contributed by atoms with Gasteiger partial charge in [0, 0.05) is 32.7 Å². The molecule has 0 fully saturated rings. The molecule has 0 aliphatic carbocycles. The number of carbonyl (C=O) groups excluding carboxylic acids is 1. The van der Waals surface area contributed by atoms with Crippen molar-refractivity contribution in [1.29, 1.82) is 0 Å². The largest absolute Gasteiger partial charge is 0.414 e. The molecule has 0 unspecified atom stereocenters. The number of carbonyl (C=O) groups is 1. The number of amides is 1. The molecule has 0 saturated carbocycles. The molecule has 23 heavy (non-hydrogen) atoms. The van der Waals surface area contributed by atoms with E-state index >= 15 is 0 Å². The van der Waals surface area contributed by atoms with Crippen molar-refractivity contribution >= 4 is 18.5 Å². The van der Waals surface area contributed by atoms with Gasteiger partial charge in [-0.25, -0.2) is 4.79 Å². The van der Waals surface area contributed by atoms with Crippen molar-refractivity contribution in [2.24, 2.45) is 0 Å². The van der Waals surface area contributed by atoms with Gasteiger partial charge < -0.3 is 9.64 Å². The highest BCUT2D eigenvalue weighted by Gasteiger charge is 2.12. The van der Waals surface area contributed by atoms with Crippen LogP contribution >= 0.6 is 12.4 Å². The molecule has 2 rings (SSSR count). The minimum Gasteiger partial charge on any atom is -0.410 e. The van der Waals surface area contributed by atoms with Crippen LogP contribution in [0.2, 0.25) is 0 Å². The van der Waals surface area contributed by atoms with E-state index in [1.165, 1.54) is 10.5 Å². The predicted molar refractivity (Wildman–Crippen MR) is 95.0 cm³/mol. The van der Waals surface area contributed by atoms with E-state index in [1.807, 2.05) is 42.5 Å². The Kier molecular flexibility index (Phi) is 7.59. The summed E-state index contributed by atoms with van der Waals surface area (Å²) in [5.74, 6) is 0.612. The number of halogens is 1. The monoisotopic (exact) mass is 334 g/mol. The molecule has 2 aromatic carbocycles. The van der Waals surface area contributed by atoms with Gasteiger partial charge in [-0.15, -0.1) is 12.4 Å². The molecule has 124 valence electrons. The second-order valence-corrected chi connectivity index (χ2v) is 5.53. The Labute approximate surface area is 144 Å². The Bertz CT molecular complexity index is 617. The van der Waals surface area contributed by atoms with Crippen LogP contribution in [0.25, 0.3) is 0 Å². The zero-order chi connectivity index (χ0) is 15.9. The van der Waals surface area contributed by atoms with E-state index in [1.54, 1.807) is 14.1 Å². The maximum atomic E-state index is 11.7. The van der Waals surface area contributed by atoms with Gasteiger partial charge in [-0.1, -0.05) is 48.5 Å². The van der Waals surface area contributed by atoms with Crippen molar-refractivity contribution in [2.75, 3.05) is 21.1 Å². The van der Waals surface area contributed by atoms with E-state index in [0.29, 0.717) is 12.3 Å². The number of hydrogen-bond acceptors (Lipinski definition) is 3. The molecule has 0 radical (unpaired) electrons. The third kappa shape index (κ3) is 5.93. The van der Waals surface area contributed by atoms with E-state index in [9.17, 15) is 4.79 Å². The maximum Gasteiger partial charge on any atom is 0.414 e. The van der Waals surface area contributed by atoms with E-state index in [-0.39, 0.29) is 18.5 Å². The van der Waals surface area contributed by atoms with Gasteiger partial charge in [-0.3, -0.25) is 4.90 Å². The zero-order valence-corrected chi connectivity index (χ0v) is 14.5. The first-order valence-corrected chi connectivity index (χ1v) is 7.26. The molecule has 5 heteroatoms. The first kappa shape index (κ1) is 19.0. The van der Waals surface area contributed by atoms with Gasteiger partial charge in [0.1, 0.15) is 5.75 Å². The number of nitrogens with zero attached hydrogens (tertiary/aromatic N) is 2. The summed E-state index contributed by atoms with van der Waals surface area (Å²) in [6, 6.07) is 17.9. The molecule has 1 amide bonds. The van der Waals surface area contributed by atoms with E-state index in [4.69, 9.17) is 4.74 Å². The molecule has 0 aliphatic heterocycles. The Morgan fingerprint density at radius 3 is 2.17 bits per heavy atom. The molecule has 0 saturated heterocycles. The van der Waals surface area contributed by atoms with Crippen LogP contribution in [0.15, 0.2) is 54.6 Å². The van der Waals surface area contributed by atoms with Gasteiger partial charge in [0.05, 0.1) is 0 Å². The first-order chi connectivity index (χ1) is 10.6. The summed E-state index contributed by atoms with van der Waals surface area (Å²) in [5, 5.41) is 0. The van der Waals surface area contributed by atoms with E-state index in [0.717, 1.165) is 12.1 Å². The quantitative estimate of drug-likeness (QED) is 0.833. The van der Waals surface area contributed by atoms with Crippen LogP contribution in [0.1, 0.15) is 11.1 Å². The Morgan fingerprint density at radius 2 is 1.52 bits per heavy atom. The summed E-state index contributed by atoms with van der Waals surface area (Å²) in [6.45, 7) is 1.56. The predicted octanol–water partition coefficient (Wildman–Crippen LogP) is 3.80. The molecule has 0 aliphatic rings. The summed E-state index contributed by atoms with van der Waals surface area (Å²) >= 11 is 0. The highest BCUT2D eigenvalue weighted by Crippen LogP contribution is 2.20. The van der Waals surface area contributed by atoms with Crippen molar-refractivity contribution in [3.05, 3.63) is 65.7 Å². The van der Waals surface area contributed by atoms with Gasteiger partial charge in [0.2, 0.25) is 0 Å². The molecular weight excluding hydrogens is 312 g/mol. The molecular formula is C18H23ClN2O2. The van der Waals surface area contributed by atoms with Gasteiger partial charge in [-0.05, 0) is 18.7 Å². The molecule has 0 heterocycles. The van der Waals surface area contributed by atoms with Crippen molar-refractivity contribution in [3.63, 3.8) is 0 Å². The molecule has 4 nitrogen and oxygen atoms in total. The molecule has 2 aromatic rings. The number of benzene rings is 2. The zero-order valence-electron chi connectivity index (χ0n) is 13.7. The van der Waals surface area contributed by atoms with Crippen LogP contribution in [-0.4, -0.2) is 37.0 Å². The fraction of sp³-hybridized carbons (Fsp3) is 0.278. The fourth-order valence-electron chi connectivity index (χ4n) is 2.16. The number of ether oxygens (including phenoxy) is 1. The summed E-state index contributed by atoms with van der Waals surface area (Å²) in [7, 11) is 5.40. The van der Waals surface area contributed by atoms with Crippen LogP contribution in [0.5, 0.6) is 5.75 Å². The van der Waals surface area contributed by atoms with Crippen molar-refractivity contribution in [3.8, 4) is 5.75 Å². The summed E-state index contributed by atoms with van der Waals surface area (Å²) in [5.41, 5.74) is 2.25. The number of rotatable bonds is 5. The second kappa shape index (κ2) is 9.18. The van der Waals surface area contributed by atoms with Gasteiger partial charge in [-0.2, -0.15) is 0 Å². The fourth-order valence-corrected chi connectivity index (χ4v) is 2.16. The van der Waals surface area contributed by atoms with Gasteiger partial charge >= 0.3 is 6.09 Å². The smallest absolute Gasteiger partial charge is 0.410 e. The van der Waals surface area contributed by atoms with Gasteiger partial charge in [0.15, 0.2) is 0 Å².